The fourth-order valence-electron chi connectivity index (χ4n) is 3.19. The molecule has 0 radical (unpaired) electrons. The molecule has 1 aliphatic heterocycles. The molecule has 1 saturated heterocycles. The first-order valence-corrected chi connectivity index (χ1v) is 10.2. The van der Waals surface area contributed by atoms with Gasteiger partial charge in [-0.1, -0.05) is 42.4 Å². The van der Waals surface area contributed by atoms with Crippen molar-refractivity contribution < 1.29 is 14.1 Å². The maximum absolute atomic E-state index is 11.8. The molecule has 2 fully saturated rings. The van der Waals surface area contributed by atoms with Crippen molar-refractivity contribution in [2.45, 2.75) is 57.9 Å². The molecule has 28 heavy (non-hydrogen) atoms. The number of nitrogens with zero attached hydrogens (tertiary/aromatic N) is 2. The lowest BCUT2D eigenvalue weighted by molar-refractivity contribution is -0.131. The van der Waals surface area contributed by atoms with Gasteiger partial charge in [-0.3, -0.25) is 9.59 Å². The van der Waals surface area contributed by atoms with E-state index in [1.807, 2.05) is 42.2 Å². The first-order chi connectivity index (χ1) is 13.7. The SMILES string of the molecule is CCC(=O)N1CCCCC1.O=C(NCc1ccccc1)c1cc(C2CC2)on1. The van der Waals surface area contributed by atoms with Crippen LogP contribution in [0.15, 0.2) is 40.9 Å². The highest BCUT2D eigenvalue weighted by molar-refractivity contribution is 5.92. The Kier molecular flexibility index (Phi) is 7.23. The van der Waals surface area contributed by atoms with Crippen LogP contribution in [0.5, 0.6) is 0 Å². The summed E-state index contributed by atoms with van der Waals surface area (Å²) in [5.41, 5.74) is 1.43. The molecule has 2 amide bonds. The Hall–Kier alpha value is -2.63. The van der Waals surface area contributed by atoms with Crippen LogP contribution in [0.2, 0.25) is 0 Å². The standard InChI is InChI=1S/C14H14N2O2.C8H15NO/c17-14(15-9-10-4-2-1-3-5-10)12-8-13(18-16-12)11-6-7-11;1-2-8(10)9-6-4-3-5-7-9/h1-5,8,11H,6-7,9H2,(H,15,17);2-7H2,1H3. The third-order valence-electron chi connectivity index (χ3n) is 5.05. The van der Waals surface area contributed by atoms with Gasteiger partial charge in [0.25, 0.3) is 5.91 Å². The summed E-state index contributed by atoms with van der Waals surface area (Å²) in [4.78, 5) is 24.9. The second-order valence-electron chi connectivity index (χ2n) is 7.35. The zero-order chi connectivity index (χ0) is 19.8. The highest BCUT2D eigenvalue weighted by Gasteiger charge is 2.28. The lowest BCUT2D eigenvalue weighted by atomic mass is 10.1. The van der Waals surface area contributed by atoms with Gasteiger partial charge in [-0.15, -0.1) is 0 Å². The molecule has 6 heteroatoms. The molecule has 150 valence electrons. The summed E-state index contributed by atoms with van der Waals surface area (Å²) < 4.78 is 5.15. The van der Waals surface area contributed by atoms with Crippen LogP contribution in [0.25, 0.3) is 0 Å². The van der Waals surface area contributed by atoms with Gasteiger partial charge >= 0.3 is 0 Å². The molecule has 1 aliphatic carbocycles. The van der Waals surface area contributed by atoms with Crippen LogP contribution in [0.4, 0.5) is 0 Å². The van der Waals surface area contributed by atoms with Gasteiger partial charge < -0.3 is 14.7 Å². The largest absolute Gasteiger partial charge is 0.360 e. The minimum atomic E-state index is -0.186. The van der Waals surface area contributed by atoms with Crippen molar-refractivity contribution in [1.82, 2.24) is 15.4 Å². The highest BCUT2D eigenvalue weighted by atomic mass is 16.5. The normalized spacial score (nSPS) is 16.1. The molecule has 0 bridgehead atoms. The van der Waals surface area contributed by atoms with E-state index in [0.717, 1.165) is 37.3 Å². The highest BCUT2D eigenvalue weighted by Crippen LogP contribution is 2.40. The number of nitrogens with one attached hydrogen (secondary N) is 1. The van der Waals surface area contributed by atoms with Gasteiger partial charge in [0.15, 0.2) is 5.69 Å². The summed E-state index contributed by atoms with van der Waals surface area (Å²) in [5, 5.41) is 6.63. The number of hydrogen-bond acceptors (Lipinski definition) is 4. The predicted molar refractivity (Wildman–Crippen MR) is 107 cm³/mol. The first-order valence-electron chi connectivity index (χ1n) is 10.2. The summed E-state index contributed by atoms with van der Waals surface area (Å²) in [7, 11) is 0. The molecule has 1 N–H and O–H groups in total. The van der Waals surface area contributed by atoms with Gasteiger partial charge in [-0.2, -0.15) is 0 Å². The molecule has 6 nitrogen and oxygen atoms in total. The average Bonchev–Trinajstić information content (AvgIpc) is 3.49. The molecule has 1 aromatic carbocycles. The van der Waals surface area contributed by atoms with Crippen LogP contribution in [-0.2, 0) is 11.3 Å². The maximum atomic E-state index is 11.8. The number of aromatic nitrogens is 1. The van der Waals surface area contributed by atoms with E-state index in [-0.39, 0.29) is 5.91 Å². The summed E-state index contributed by atoms with van der Waals surface area (Å²) in [6, 6.07) is 11.5. The van der Waals surface area contributed by atoms with Crippen molar-refractivity contribution in [3.05, 3.63) is 53.4 Å². The van der Waals surface area contributed by atoms with Crippen molar-refractivity contribution in [3.8, 4) is 0 Å². The third kappa shape index (κ3) is 5.94. The van der Waals surface area contributed by atoms with Crippen LogP contribution in [0, 0.1) is 0 Å². The van der Waals surface area contributed by atoms with Gasteiger partial charge in [-0.25, -0.2) is 0 Å². The molecule has 2 aromatic rings. The quantitative estimate of drug-likeness (QED) is 0.850. The lowest BCUT2D eigenvalue weighted by Crippen LogP contribution is -2.34. The van der Waals surface area contributed by atoms with E-state index in [4.69, 9.17) is 4.52 Å². The topological polar surface area (TPSA) is 75.4 Å². The summed E-state index contributed by atoms with van der Waals surface area (Å²) in [6.45, 7) is 4.42. The Morgan fingerprint density at radius 1 is 1.14 bits per heavy atom. The first kappa shape index (κ1) is 20.1. The average molecular weight is 383 g/mol. The molecule has 4 rings (SSSR count). The molecule has 0 unspecified atom stereocenters. The predicted octanol–water partition coefficient (Wildman–Crippen LogP) is 3.89. The summed E-state index contributed by atoms with van der Waals surface area (Å²) in [5.74, 6) is 1.45. The van der Waals surface area contributed by atoms with Gasteiger partial charge in [0.2, 0.25) is 5.91 Å². The van der Waals surface area contributed by atoms with Crippen LogP contribution in [0.3, 0.4) is 0 Å². The van der Waals surface area contributed by atoms with E-state index in [9.17, 15) is 9.59 Å². The zero-order valence-electron chi connectivity index (χ0n) is 16.5. The Bertz CT molecular complexity index is 762. The fraction of sp³-hybridized carbons (Fsp3) is 0.500. The zero-order valence-corrected chi connectivity index (χ0v) is 16.5. The summed E-state index contributed by atoms with van der Waals surface area (Å²) in [6.07, 6.45) is 6.64. The van der Waals surface area contributed by atoms with Crippen molar-refractivity contribution in [1.29, 1.82) is 0 Å². The molecule has 2 aliphatic rings. The van der Waals surface area contributed by atoms with Gasteiger partial charge in [0, 0.05) is 38.0 Å². The van der Waals surface area contributed by atoms with Crippen molar-refractivity contribution in [3.63, 3.8) is 0 Å². The van der Waals surface area contributed by atoms with E-state index in [0.29, 0.717) is 30.5 Å². The van der Waals surface area contributed by atoms with Crippen molar-refractivity contribution in [2.24, 2.45) is 0 Å². The van der Waals surface area contributed by atoms with Gasteiger partial charge in [0.05, 0.1) is 0 Å². The molecule has 2 heterocycles. The number of rotatable bonds is 5. The Morgan fingerprint density at radius 2 is 1.86 bits per heavy atom. The Balaban J connectivity index is 0.000000192. The maximum Gasteiger partial charge on any atom is 0.273 e. The fourth-order valence-corrected chi connectivity index (χ4v) is 3.19. The van der Waals surface area contributed by atoms with Crippen LogP contribution in [-0.4, -0.2) is 35.0 Å². The molecule has 0 atom stereocenters. The number of likely N-dealkylation sites (tertiary alicyclic amines) is 1. The van der Waals surface area contributed by atoms with E-state index in [1.54, 1.807) is 6.07 Å². The number of hydrogen-bond donors (Lipinski definition) is 1. The van der Waals surface area contributed by atoms with E-state index >= 15 is 0 Å². The van der Waals surface area contributed by atoms with Crippen LogP contribution < -0.4 is 5.32 Å². The number of benzene rings is 1. The minimum Gasteiger partial charge on any atom is -0.360 e. The van der Waals surface area contributed by atoms with Gasteiger partial charge in [-0.05, 0) is 37.7 Å². The van der Waals surface area contributed by atoms with E-state index in [1.165, 1.54) is 19.3 Å². The van der Waals surface area contributed by atoms with Crippen molar-refractivity contribution in [2.75, 3.05) is 13.1 Å². The van der Waals surface area contributed by atoms with Crippen LogP contribution in [0.1, 0.15) is 73.2 Å². The second kappa shape index (κ2) is 10.1. The van der Waals surface area contributed by atoms with Gasteiger partial charge in [0.1, 0.15) is 5.76 Å². The Labute approximate surface area is 166 Å². The number of piperidine rings is 1. The smallest absolute Gasteiger partial charge is 0.273 e. The number of carbonyl (C=O) groups excluding carboxylic acids is 2. The summed E-state index contributed by atoms with van der Waals surface area (Å²) >= 11 is 0. The van der Waals surface area contributed by atoms with E-state index in [2.05, 4.69) is 10.5 Å². The molecule has 0 spiro atoms. The number of amides is 2. The third-order valence-corrected chi connectivity index (χ3v) is 5.05. The molecule has 1 aromatic heterocycles. The van der Waals surface area contributed by atoms with E-state index < -0.39 is 0 Å². The number of carbonyl (C=O) groups is 2. The molecular weight excluding hydrogens is 354 g/mol. The van der Waals surface area contributed by atoms with Crippen molar-refractivity contribution >= 4 is 11.8 Å². The molecule has 1 saturated carbocycles. The minimum absolute atomic E-state index is 0.186. The molecular formula is C22H29N3O3. The lowest BCUT2D eigenvalue weighted by Gasteiger charge is -2.26. The second-order valence-corrected chi connectivity index (χ2v) is 7.35. The Morgan fingerprint density at radius 3 is 2.50 bits per heavy atom. The monoisotopic (exact) mass is 383 g/mol. The van der Waals surface area contributed by atoms with Crippen LogP contribution >= 0.6 is 0 Å².